The van der Waals surface area contributed by atoms with Gasteiger partial charge in [-0.15, -0.1) is 0 Å². The third kappa shape index (κ3) is 4.42. The fourth-order valence-electron chi connectivity index (χ4n) is 1.15. The van der Waals surface area contributed by atoms with Crippen LogP contribution in [0.2, 0.25) is 0 Å². The number of benzene rings is 1. The van der Waals surface area contributed by atoms with Crippen LogP contribution in [0, 0.1) is 0 Å². The number of carbonyl (C=O) groups is 1. The Kier molecular flexibility index (Phi) is 5.42. The van der Waals surface area contributed by atoms with E-state index in [1.54, 1.807) is 19.3 Å². The van der Waals surface area contributed by atoms with E-state index in [2.05, 4.69) is 0 Å². The Morgan fingerprint density at radius 1 is 1.06 bits per heavy atom. The molecule has 0 aliphatic heterocycles. The Morgan fingerprint density at radius 3 is 2.56 bits per heavy atom. The van der Waals surface area contributed by atoms with Crippen LogP contribution in [0.25, 0.3) is 6.08 Å². The minimum Gasteiger partial charge on any atom is -0.497 e. The lowest BCUT2D eigenvalue weighted by Crippen LogP contribution is -1.81. The number of carbonyl (C=O) groups excluding carboxylic acids is 1. The molecule has 0 N–H and O–H groups in total. The molecular formula is C14H14O2. The summed E-state index contributed by atoms with van der Waals surface area (Å²) >= 11 is 0. The molecular weight excluding hydrogens is 200 g/mol. The average molecular weight is 214 g/mol. The molecule has 0 fully saturated rings. The van der Waals surface area contributed by atoms with Gasteiger partial charge in [-0.2, -0.15) is 0 Å². The highest BCUT2D eigenvalue weighted by Crippen LogP contribution is 2.13. The van der Waals surface area contributed by atoms with Crippen LogP contribution in [0.3, 0.4) is 0 Å². The van der Waals surface area contributed by atoms with Crippen LogP contribution in [0.5, 0.6) is 5.75 Å². The Bertz CT molecular complexity index is 414. The predicted molar refractivity (Wildman–Crippen MR) is 66.4 cm³/mol. The Labute approximate surface area is 95.6 Å². The molecule has 16 heavy (non-hydrogen) atoms. The second kappa shape index (κ2) is 7.23. The zero-order valence-corrected chi connectivity index (χ0v) is 9.17. The maximum atomic E-state index is 9.98. The SMILES string of the molecule is COc1cccc(/C=C/C=C/C=C/C=O)c1. The predicted octanol–water partition coefficient (Wildman–Crippen LogP) is 3.02. The van der Waals surface area contributed by atoms with Gasteiger partial charge in [0.2, 0.25) is 0 Å². The number of allylic oxidation sites excluding steroid dienone is 5. The van der Waals surface area contributed by atoms with E-state index in [1.165, 1.54) is 6.08 Å². The standard InChI is InChI=1S/C14H14O2/c1-16-14-10-7-9-13(12-14)8-5-3-2-4-6-11-15/h2-12H,1H3/b3-2+,6-4+,8-5+. The van der Waals surface area contributed by atoms with Gasteiger partial charge in [0.1, 0.15) is 12.0 Å². The van der Waals surface area contributed by atoms with Gasteiger partial charge in [-0.05, 0) is 23.8 Å². The minimum atomic E-state index is 0.746. The molecule has 82 valence electrons. The van der Waals surface area contributed by atoms with Crippen molar-refractivity contribution in [1.82, 2.24) is 0 Å². The topological polar surface area (TPSA) is 26.3 Å². The van der Waals surface area contributed by atoms with Crippen LogP contribution in [-0.4, -0.2) is 13.4 Å². The van der Waals surface area contributed by atoms with E-state index in [9.17, 15) is 4.79 Å². The Hall–Kier alpha value is -2.09. The van der Waals surface area contributed by atoms with Crippen LogP contribution in [-0.2, 0) is 4.79 Å². The van der Waals surface area contributed by atoms with E-state index < -0.39 is 0 Å². The van der Waals surface area contributed by atoms with Crippen LogP contribution in [0.4, 0.5) is 0 Å². The van der Waals surface area contributed by atoms with Crippen molar-refractivity contribution < 1.29 is 9.53 Å². The molecule has 0 bridgehead atoms. The molecule has 1 aromatic rings. The quantitative estimate of drug-likeness (QED) is 0.428. The fourth-order valence-corrected chi connectivity index (χ4v) is 1.15. The summed E-state index contributed by atoms with van der Waals surface area (Å²) < 4.78 is 5.11. The van der Waals surface area contributed by atoms with Crippen molar-refractivity contribution in [3.8, 4) is 5.75 Å². The molecule has 0 aliphatic carbocycles. The summed E-state index contributed by atoms with van der Waals surface area (Å²) in [7, 11) is 1.65. The third-order valence-corrected chi connectivity index (χ3v) is 1.91. The van der Waals surface area contributed by atoms with Gasteiger partial charge < -0.3 is 4.74 Å². The van der Waals surface area contributed by atoms with Gasteiger partial charge in [0.15, 0.2) is 0 Å². The Balaban J connectivity index is 2.58. The maximum Gasteiger partial charge on any atom is 0.142 e. The zero-order chi connectivity index (χ0) is 11.6. The molecule has 2 heteroatoms. The fraction of sp³-hybridized carbons (Fsp3) is 0.0714. The van der Waals surface area contributed by atoms with Gasteiger partial charge in [-0.1, -0.05) is 42.5 Å². The van der Waals surface area contributed by atoms with Gasteiger partial charge in [0.25, 0.3) is 0 Å². The monoisotopic (exact) mass is 214 g/mol. The first-order valence-electron chi connectivity index (χ1n) is 4.96. The molecule has 0 aliphatic rings. The number of hydrogen-bond donors (Lipinski definition) is 0. The molecule has 0 unspecified atom stereocenters. The van der Waals surface area contributed by atoms with Crippen molar-refractivity contribution in [1.29, 1.82) is 0 Å². The molecule has 0 spiro atoms. The molecule has 0 atom stereocenters. The first-order valence-corrected chi connectivity index (χ1v) is 4.96. The normalized spacial score (nSPS) is 11.6. The van der Waals surface area contributed by atoms with E-state index in [1.807, 2.05) is 42.5 Å². The molecule has 0 saturated carbocycles. The summed E-state index contributed by atoms with van der Waals surface area (Å²) in [4.78, 5) is 9.98. The summed E-state index contributed by atoms with van der Waals surface area (Å²) in [5.74, 6) is 0.840. The van der Waals surface area contributed by atoms with Crippen molar-refractivity contribution in [2.75, 3.05) is 7.11 Å². The van der Waals surface area contributed by atoms with E-state index in [-0.39, 0.29) is 0 Å². The second-order valence-corrected chi connectivity index (χ2v) is 3.04. The lowest BCUT2D eigenvalue weighted by atomic mass is 10.2. The first kappa shape index (κ1) is 12.0. The van der Waals surface area contributed by atoms with E-state index >= 15 is 0 Å². The maximum absolute atomic E-state index is 9.98. The number of hydrogen-bond acceptors (Lipinski definition) is 2. The van der Waals surface area contributed by atoms with Gasteiger partial charge in [-0.25, -0.2) is 0 Å². The summed E-state index contributed by atoms with van der Waals surface area (Å²) in [6.07, 6.45) is 11.4. The molecule has 0 heterocycles. The molecule has 0 radical (unpaired) electrons. The van der Waals surface area contributed by atoms with Crippen molar-refractivity contribution in [3.05, 3.63) is 60.2 Å². The highest BCUT2D eigenvalue weighted by Gasteiger charge is 1.89. The first-order chi connectivity index (χ1) is 7.86. The number of ether oxygens (including phenoxy) is 1. The molecule has 0 saturated heterocycles. The van der Waals surface area contributed by atoms with Crippen molar-refractivity contribution in [2.45, 2.75) is 0 Å². The van der Waals surface area contributed by atoms with Crippen molar-refractivity contribution in [2.24, 2.45) is 0 Å². The lowest BCUT2D eigenvalue weighted by Gasteiger charge is -1.99. The number of rotatable bonds is 5. The summed E-state index contributed by atoms with van der Waals surface area (Å²) in [5, 5.41) is 0. The van der Waals surface area contributed by atoms with Crippen LogP contribution < -0.4 is 4.74 Å². The van der Waals surface area contributed by atoms with Crippen LogP contribution in [0.1, 0.15) is 5.56 Å². The van der Waals surface area contributed by atoms with Gasteiger partial charge in [0, 0.05) is 0 Å². The van der Waals surface area contributed by atoms with E-state index in [4.69, 9.17) is 4.74 Å². The molecule has 1 rings (SSSR count). The Morgan fingerprint density at radius 2 is 1.81 bits per heavy atom. The smallest absolute Gasteiger partial charge is 0.142 e. The second-order valence-electron chi connectivity index (χ2n) is 3.04. The van der Waals surface area contributed by atoms with Crippen LogP contribution >= 0.6 is 0 Å². The third-order valence-electron chi connectivity index (χ3n) is 1.91. The van der Waals surface area contributed by atoms with E-state index in [0.29, 0.717) is 0 Å². The lowest BCUT2D eigenvalue weighted by molar-refractivity contribution is -0.104. The average Bonchev–Trinajstić information content (AvgIpc) is 2.34. The largest absolute Gasteiger partial charge is 0.497 e. The minimum absolute atomic E-state index is 0.746. The number of aldehydes is 1. The summed E-state index contributed by atoms with van der Waals surface area (Å²) in [6.45, 7) is 0. The summed E-state index contributed by atoms with van der Waals surface area (Å²) in [5.41, 5.74) is 1.07. The summed E-state index contributed by atoms with van der Waals surface area (Å²) in [6, 6.07) is 7.79. The molecule has 1 aromatic carbocycles. The zero-order valence-electron chi connectivity index (χ0n) is 9.17. The van der Waals surface area contributed by atoms with Gasteiger partial charge in [0.05, 0.1) is 7.11 Å². The molecule has 0 amide bonds. The van der Waals surface area contributed by atoms with Crippen molar-refractivity contribution in [3.63, 3.8) is 0 Å². The van der Waals surface area contributed by atoms with Gasteiger partial charge in [-0.3, -0.25) is 4.79 Å². The molecule has 2 nitrogen and oxygen atoms in total. The van der Waals surface area contributed by atoms with Crippen LogP contribution in [0.15, 0.2) is 54.6 Å². The van der Waals surface area contributed by atoms with Gasteiger partial charge >= 0.3 is 0 Å². The van der Waals surface area contributed by atoms with Crippen molar-refractivity contribution >= 4 is 12.4 Å². The highest BCUT2D eigenvalue weighted by atomic mass is 16.5. The highest BCUT2D eigenvalue weighted by molar-refractivity contribution is 5.65. The number of methoxy groups -OCH3 is 1. The van der Waals surface area contributed by atoms with E-state index in [0.717, 1.165) is 17.6 Å². The molecule has 0 aromatic heterocycles.